The van der Waals surface area contributed by atoms with Crippen LogP contribution in [0.1, 0.15) is 33.2 Å². The Morgan fingerprint density at radius 1 is 1.35 bits per heavy atom. The molecule has 1 aromatic rings. The first-order valence-electron chi connectivity index (χ1n) is 4.57. The standard InChI is InChI=1S/C11H9F3O3/c1-6(16)8-4-3-7(5-15)10(17-2)9(8)11(12,13)14/h3-5H,1-2H3. The molecule has 0 aliphatic heterocycles. The van der Waals surface area contributed by atoms with Gasteiger partial charge in [0.1, 0.15) is 11.3 Å². The van der Waals surface area contributed by atoms with Gasteiger partial charge in [-0.25, -0.2) is 0 Å². The van der Waals surface area contributed by atoms with E-state index in [2.05, 4.69) is 4.74 Å². The van der Waals surface area contributed by atoms with Crippen LogP contribution in [0.25, 0.3) is 0 Å². The van der Waals surface area contributed by atoms with Gasteiger partial charge in [-0.15, -0.1) is 0 Å². The monoisotopic (exact) mass is 246 g/mol. The quantitative estimate of drug-likeness (QED) is 0.608. The summed E-state index contributed by atoms with van der Waals surface area (Å²) in [5.41, 5.74) is -1.97. The third kappa shape index (κ3) is 2.46. The molecule has 1 rings (SSSR count). The number of halogens is 3. The minimum atomic E-state index is -4.76. The lowest BCUT2D eigenvalue weighted by Gasteiger charge is -2.16. The van der Waals surface area contributed by atoms with Crippen LogP contribution in [0.5, 0.6) is 5.75 Å². The molecular weight excluding hydrogens is 237 g/mol. The fraction of sp³-hybridized carbons (Fsp3) is 0.273. The molecule has 0 heterocycles. The van der Waals surface area contributed by atoms with Gasteiger partial charge in [-0.3, -0.25) is 9.59 Å². The second kappa shape index (κ2) is 4.57. The van der Waals surface area contributed by atoms with Crippen molar-refractivity contribution >= 4 is 12.1 Å². The molecular formula is C11H9F3O3. The van der Waals surface area contributed by atoms with Crippen LogP contribution in [-0.2, 0) is 6.18 Å². The Balaban J connectivity index is 3.68. The summed E-state index contributed by atoms with van der Waals surface area (Å²) < 4.78 is 43.1. The van der Waals surface area contributed by atoms with Crippen LogP contribution in [-0.4, -0.2) is 19.2 Å². The number of rotatable bonds is 3. The highest BCUT2D eigenvalue weighted by Gasteiger charge is 2.39. The van der Waals surface area contributed by atoms with Gasteiger partial charge in [0.25, 0.3) is 0 Å². The summed E-state index contributed by atoms with van der Waals surface area (Å²) in [7, 11) is 1.02. The van der Waals surface area contributed by atoms with E-state index in [0.717, 1.165) is 26.2 Å². The molecule has 6 heteroatoms. The van der Waals surface area contributed by atoms with E-state index >= 15 is 0 Å². The van der Waals surface area contributed by atoms with E-state index in [1.807, 2.05) is 0 Å². The van der Waals surface area contributed by atoms with Crippen molar-refractivity contribution in [1.29, 1.82) is 0 Å². The number of carbonyl (C=O) groups excluding carboxylic acids is 2. The molecule has 17 heavy (non-hydrogen) atoms. The molecule has 0 aromatic heterocycles. The molecule has 0 saturated heterocycles. The Kier molecular flexibility index (Phi) is 3.55. The number of Topliss-reactive ketones (excluding diaryl/α,β-unsaturated/α-hetero) is 1. The topological polar surface area (TPSA) is 43.4 Å². The van der Waals surface area contributed by atoms with Crippen molar-refractivity contribution in [3.63, 3.8) is 0 Å². The fourth-order valence-corrected chi connectivity index (χ4v) is 1.49. The van der Waals surface area contributed by atoms with Gasteiger partial charge < -0.3 is 4.74 Å². The summed E-state index contributed by atoms with van der Waals surface area (Å²) in [5.74, 6) is -1.37. The maximum Gasteiger partial charge on any atom is 0.420 e. The molecule has 92 valence electrons. The number of carbonyl (C=O) groups is 2. The molecule has 0 saturated carbocycles. The molecule has 0 spiro atoms. The molecule has 0 unspecified atom stereocenters. The highest BCUT2D eigenvalue weighted by molar-refractivity contribution is 5.98. The normalized spacial score (nSPS) is 11.1. The van der Waals surface area contributed by atoms with Crippen LogP contribution in [0.15, 0.2) is 12.1 Å². The smallest absolute Gasteiger partial charge is 0.420 e. The number of benzene rings is 1. The molecule has 0 N–H and O–H groups in total. The molecule has 1 aromatic carbocycles. The number of alkyl halides is 3. The van der Waals surface area contributed by atoms with E-state index in [9.17, 15) is 22.8 Å². The SMILES string of the molecule is COc1c(C=O)ccc(C(C)=O)c1C(F)(F)F. The highest BCUT2D eigenvalue weighted by atomic mass is 19.4. The second-order valence-corrected chi connectivity index (χ2v) is 3.28. The van der Waals surface area contributed by atoms with E-state index in [-0.39, 0.29) is 11.8 Å². The Morgan fingerprint density at radius 2 is 1.94 bits per heavy atom. The van der Waals surface area contributed by atoms with Crippen LogP contribution in [0, 0.1) is 0 Å². The minimum absolute atomic E-state index is 0.246. The molecule has 0 fully saturated rings. The van der Waals surface area contributed by atoms with Gasteiger partial charge in [0.2, 0.25) is 0 Å². The van der Waals surface area contributed by atoms with Crippen LogP contribution >= 0.6 is 0 Å². The maximum atomic E-state index is 12.8. The third-order valence-electron chi connectivity index (χ3n) is 2.18. The first-order valence-corrected chi connectivity index (χ1v) is 4.57. The number of aldehydes is 1. The predicted octanol–water partition coefficient (Wildman–Crippen LogP) is 2.73. The first kappa shape index (κ1) is 13.2. The lowest BCUT2D eigenvalue weighted by molar-refractivity contribution is -0.139. The van der Waals surface area contributed by atoms with Crippen LogP contribution in [0.2, 0.25) is 0 Å². The Labute approximate surface area is 95.2 Å². The Morgan fingerprint density at radius 3 is 2.29 bits per heavy atom. The van der Waals surface area contributed by atoms with Gasteiger partial charge in [0.15, 0.2) is 12.1 Å². The molecule has 3 nitrogen and oxygen atoms in total. The van der Waals surface area contributed by atoms with E-state index in [1.165, 1.54) is 0 Å². The second-order valence-electron chi connectivity index (χ2n) is 3.28. The zero-order valence-electron chi connectivity index (χ0n) is 9.09. The van der Waals surface area contributed by atoms with Crippen molar-refractivity contribution in [2.75, 3.05) is 7.11 Å². The average molecular weight is 246 g/mol. The van der Waals surface area contributed by atoms with E-state index in [1.54, 1.807) is 0 Å². The van der Waals surface area contributed by atoms with Gasteiger partial charge in [0, 0.05) is 5.56 Å². The lowest BCUT2D eigenvalue weighted by atomic mass is 9.99. The average Bonchev–Trinajstić information content (AvgIpc) is 2.25. The van der Waals surface area contributed by atoms with E-state index in [4.69, 9.17) is 0 Å². The first-order chi connectivity index (χ1) is 7.82. The van der Waals surface area contributed by atoms with E-state index < -0.39 is 28.8 Å². The van der Waals surface area contributed by atoms with Gasteiger partial charge in [-0.2, -0.15) is 13.2 Å². The summed E-state index contributed by atoms with van der Waals surface area (Å²) in [6.07, 6.45) is -4.51. The summed E-state index contributed by atoms with van der Waals surface area (Å²) in [5, 5.41) is 0. The zero-order valence-corrected chi connectivity index (χ0v) is 9.09. The number of ether oxygens (including phenoxy) is 1. The van der Waals surface area contributed by atoms with Crippen molar-refractivity contribution in [3.8, 4) is 5.75 Å². The van der Waals surface area contributed by atoms with Crippen molar-refractivity contribution in [1.82, 2.24) is 0 Å². The molecule has 0 amide bonds. The molecule has 0 aliphatic carbocycles. The Bertz CT molecular complexity index is 464. The van der Waals surface area contributed by atoms with Crippen molar-refractivity contribution in [3.05, 3.63) is 28.8 Å². The number of hydrogen-bond acceptors (Lipinski definition) is 3. The molecule has 0 radical (unpaired) electrons. The Hall–Kier alpha value is -1.85. The van der Waals surface area contributed by atoms with E-state index in [0.29, 0.717) is 0 Å². The molecule has 0 bridgehead atoms. The zero-order chi connectivity index (χ0) is 13.2. The summed E-state index contributed by atoms with van der Waals surface area (Å²) >= 11 is 0. The third-order valence-corrected chi connectivity index (χ3v) is 2.18. The predicted molar refractivity (Wildman–Crippen MR) is 53.4 cm³/mol. The largest absolute Gasteiger partial charge is 0.495 e. The fourth-order valence-electron chi connectivity index (χ4n) is 1.49. The van der Waals surface area contributed by atoms with Crippen molar-refractivity contribution < 1.29 is 27.5 Å². The number of methoxy groups -OCH3 is 1. The lowest BCUT2D eigenvalue weighted by Crippen LogP contribution is -2.15. The van der Waals surface area contributed by atoms with Gasteiger partial charge >= 0.3 is 6.18 Å². The summed E-state index contributed by atoms with van der Waals surface area (Å²) in [6, 6.07) is 2.09. The summed E-state index contributed by atoms with van der Waals surface area (Å²) in [4.78, 5) is 21.8. The van der Waals surface area contributed by atoms with Crippen LogP contribution in [0.4, 0.5) is 13.2 Å². The van der Waals surface area contributed by atoms with Gasteiger partial charge in [0.05, 0.1) is 12.7 Å². The molecule has 0 atom stereocenters. The van der Waals surface area contributed by atoms with Crippen LogP contribution in [0.3, 0.4) is 0 Å². The van der Waals surface area contributed by atoms with Gasteiger partial charge in [-0.05, 0) is 19.1 Å². The number of hydrogen-bond donors (Lipinski definition) is 0. The molecule has 0 aliphatic rings. The van der Waals surface area contributed by atoms with Gasteiger partial charge in [-0.1, -0.05) is 0 Å². The summed E-state index contributed by atoms with van der Waals surface area (Å²) in [6.45, 7) is 1.02. The van der Waals surface area contributed by atoms with Crippen LogP contribution < -0.4 is 4.74 Å². The maximum absolute atomic E-state index is 12.8. The van der Waals surface area contributed by atoms with Crippen molar-refractivity contribution in [2.45, 2.75) is 13.1 Å². The number of ketones is 1. The highest BCUT2D eigenvalue weighted by Crippen LogP contribution is 2.40. The minimum Gasteiger partial charge on any atom is -0.495 e. The van der Waals surface area contributed by atoms with Crippen molar-refractivity contribution in [2.24, 2.45) is 0 Å².